The maximum Gasteiger partial charge on any atom is 0.375 e. The second-order valence-corrected chi connectivity index (χ2v) is 3.65. The number of alkyl halides is 2. The predicted molar refractivity (Wildman–Crippen MR) is 46.3 cm³/mol. The summed E-state index contributed by atoms with van der Waals surface area (Å²) in [6.07, 6.45) is 0. The van der Waals surface area contributed by atoms with Crippen molar-refractivity contribution in [1.29, 1.82) is 0 Å². The van der Waals surface area contributed by atoms with Gasteiger partial charge in [0, 0.05) is 5.56 Å². The molecule has 2 nitrogen and oxygen atoms in total. The largest absolute Gasteiger partial charge is 0.436 e. The fourth-order valence-electron chi connectivity index (χ4n) is 1.04. The molecule has 0 spiro atoms. The van der Waals surface area contributed by atoms with Crippen LogP contribution in [0, 0.1) is 0 Å². The van der Waals surface area contributed by atoms with E-state index in [9.17, 15) is 0 Å². The minimum Gasteiger partial charge on any atom is -0.436 e. The van der Waals surface area contributed by atoms with Gasteiger partial charge >= 0.3 is 4.71 Å². The van der Waals surface area contributed by atoms with Gasteiger partial charge in [-0.25, -0.2) is 0 Å². The van der Waals surface area contributed by atoms with Crippen molar-refractivity contribution in [3.63, 3.8) is 0 Å². The van der Waals surface area contributed by atoms with Crippen LogP contribution in [0.4, 0.5) is 0 Å². The Kier molecular flexibility index (Phi) is 1.91. The van der Waals surface area contributed by atoms with E-state index < -0.39 is 4.71 Å². The topological polar surface area (TPSA) is 18.5 Å². The predicted octanol–water partition coefficient (Wildman–Crippen LogP) is 2.68. The lowest BCUT2D eigenvalue weighted by Gasteiger charge is -2.27. The molecule has 0 aliphatic carbocycles. The van der Waals surface area contributed by atoms with Crippen molar-refractivity contribution < 1.29 is 9.47 Å². The van der Waals surface area contributed by atoms with Crippen LogP contribution in [0.2, 0.25) is 0 Å². The molecule has 0 saturated heterocycles. The second kappa shape index (κ2) is 2.80. The van der Waals surface area contributed by atoms with Gasteiger partial charge in [-0.05, 0) is 29.3 Å². The molecule has 1 aromatic carbocycles. The van der Waals surface area contributed by atoms with E-state index in [0.717, 1.165) is 5.56 Å². The first-order chi connectivity index (χ1) is 5.67. The number of halogens is 2. The molecule has 0 saturated carbocycles. The Labute approximate surface area is 80.0 Å². The summed E-state index contributed by atoms with van der Waals surface area (Å²) < 4.78 is 8.59. The van der Waals surface area contributed by atoms with Crippen molar-refractivity contribution >= 4 is 23.2 Å². The summed E-state index contributed by atoms with van der Waals surface area (Å²) in [5, 5.41) is 0. The first-order valence-electron chi connectivity index (χ1n) is 3.46. The molecular weight excluding hydrogens is 199 g/mol. The Hall–Kier alpha value is -0.440. The number of para-hydroxylation sites is 1. The molecule has 1 aliphatic rings. The highest BCUT2D eigenvalue weighted by Crippen LogP contribution is 2.35. The van der Waals surface area contributed by atoms with Crippen LogP contribution in [0.15, 0.2) is 24.3 Å². The van der Waals surface area contributed by atoms with Crippen molar-refractivity contribution in [2.45, 2.75) is 11.3 Å². The van der Waals surface area contributed by atoms with Crippen LogP contribution in [-0.2, 0) is 11.3 Å². The molecule has 0 radical (unpaired) electrons. The number of benzene rings is 1. The second-order valence-electron chi connectivity index (χ2n) is 2.46. The SMILES string of the molecule is ClC1(Cl)OCc2ccccc2O1. The zero-order chi connectivity index (χ0) is 8.60. The lowest BCUT2D eigenvalue weighted by atomic mass is 10.2. The van der Waals surface area contributed by atoms with Gasteiger partial charge in [0.1, 0.15) is 5.75 Å². The Balaban J connectivity index is 2.35. The Morgan fingerprint density at radius 3 is 2.83 bits per heavy atom. The molecular formula is C8H6Cl2O2. The molecule has 0 atom stereocenters. The van der Waals surface area contributed by atoms with Crippen LogP contribution in [-0.4, -0.2) is 4.71 Å². The van der Waals surface area contributed by atoms with Gasteiger partial charge in [-0.1, -0.05) is 18.2 Å². The van der Waals surface area contributed by atoms with E-state index in [0.29, 0.717) is 12.4 Å². The molecule has 0 unspecified atom stereocenters. The lowest BCUT2D eigenvalue weighted by molar-refractivity contribution is -0.0842. The zero-order valence-electron chi connectivity index (χ0n) is 6.09. The summed E-state index contributed by atoms with van der Waals surface area (Å²) in [7, 11) is 0. The summed E-state index contributed by atoms with van der Waals surface area (Å²) in [4.78, 5) is 0. The smallest absolute Gasteiger partial charge is 0.375 e. The van der Waals surface area contributed by atoms with Gasteiger partial charge < -0.3 is 9.47 Å². The zero-order valence-corrected chi connectivity index (χ0v) is 7.60. The average molecular weight is 205 g/mol. The summed E-state index contributed by atoms with van der Waals surface area (Å²) in [6.45, 7) is 0.378. The molecule has 64 valence electrons. The van der Waals surface area contributed by atoms with Gasteiger partial charge in [-0.2, -0.15) is 0 Å². The quantitative estimate of drug-likeness (QED) is 0.606. The Morgan fingerprint density at radius 1 is 1.25 bits per heavy atom. The van der Waals surface area contributed by atoms with Crippen molar-refractivity contribution in [2.24, 2.45) is 0 Å². The van der Waals surface area contributed by atoms with Gasteiger partial charge in [0.15, 0.2) is 0 Å². The van der Waals surface area contributed by atoms with E-state index in [1.807, 2.05) is 18.2 Å². The van der Waals surface area contributed by atoms with Crippen molar-refractivity contribution in [1.82, 2.24) is 0 Å². The standard InChI is InChI=1S/C8H6Cl2O2/c9-8(10)11-5-6-3-1-2-4-7(6)12-8/h1-4H,5H2. The molecule has 4 heteroatoms. The molecule has 0 amide bonds. The molecule has 1 heterocycles. The number of hydrogen-bond acceptors (Lipinski definition) is 2. The first kappa shape index (κ1) is 8.17. The minimum atomic E-state index is -1.53. The van der Waals surface area contributed by atoms with E-state index in [1.165, 1.54) is 0 Å². The number of hydrogen-bond donors (Lipinski definition) is 0. The van der Waals surface area contributed by atoms with Crippen molar-refractivity contribution in [2.75, 3.05) is 0 Å². The number of fused-ring (bicyclic) bond motifs is 1. The van der Waals surface area contributed by atoms with E-state index in [4.69, 9.17) is 32.7 Å². The Morgan fingerprint density at radius 2 is 2.00 bits per heavy atom. The van der Waals surface area contributed by atoms with Crippen molar-refractivity contribution in [3.8, 4) is 5.75 Å². The average Bonchev–Trinajstić information content (AvgIpc) is 2.02. The molecule has 2 rings (SSSR count). The monoisotopic (exact) mass is 204 g/mol. The Bertz CT molecular complexity index is 299. The molecule has 12 heavy (non-hydrogen) atoms. The van der Waals surface area contributed by atoms with Crippen LogP contribution >= 0.6 is 23.2 Å². The van der Waals surface area contributed by atoms with E-state index in [1.54, 1.807) is 6.07 Å². The molecule has 0 N–H and O–H groups in total. The van der Waals surface area contributed by atoms with E-state index in [2.05, 4.69) is 0 Å². The van der Waals surface area contributed by atoms with Gasteiger partial charge in [-0.15, -0.1) is 0 Å². The van der Waals surface area contributed by atoms with Gasteiger partial charge in [-0.3, -0.25) is 0 Å². The third-order valence-electron chi connectivity index (χ3n) is 1.60. The molecule has 1 aromatic rings. The first-order valence-corrected chi connectivity index (χ1v) is 4.22. The highest BCUT2D eigenvalue weighted by molar-refractivity contribution is 6.46. The number of ether oxygens (including phenoxy) is 2. The van der Waals surface area contributed by atoms with Crippen molar-refractivity contribution in [3.05, 3.63) is 29.8 Å². The molecule has 1 aliphatic heterocycles. The fraction of sp³-hybridized carbons (Fsp3) is 0.250. The van der Waals surface area contributed by atoms with E-state index >= 15 is 0 Å². The lowest BCUT2D eigenvalue weighted by Crippen LogP contribution is -2.29. The number of rotatable bonds is 0. The van der Waals surface area contributed by atoms with Gasteiger partial charge in [0.2, 0.25) is 0 Å². The van der Waals surface area contributed by atoms with Gasteiger partial charge in [0.25, 0.3) is 0 Å². The summed E-state index contributed by atoms with van der Waals surface area (Å²) in [5.74, 6) is 0.675. The maximum atomic E-state index is 5.62. The fourth-order valence-corrected chi connectivity index (χ4v) is 1.32. The third kappa shape index (κ3) is 1.51. The molecule has 0 bridgehead atoms. The van der Waals surface area contributed by atoms with E-state index in [-0.39, 0.29) is 0 Å². The van der Waals surface area contributed by atoms with Crippen LogP contribution in [0.5, 0.6) is 5.75 Å². The normalized spacial score (nSPS) is 19.5. The van der Waals surface area contributed by atoms with Gasteiger partial charge in [0.05, 0.1) is 6.61 Å². The van der Waals surface area contributed by atoms with Crippen LogP contribution < -0.4 is 4.74 Å². The van der Waals surface area contributed by atoms with Crippen LogP contribution in [0.25, 0.3) is 0 Å². The highest BCUT2D eigenvalue weighted by atomic mass is 35.5. The summed E-state index contributed by atoms with van der Waals surface area (Å²) >= 11 is 11.2. The summed E-state index contributed by atoms with van der Waals surface area (Å²) in [6, 6.07) is 7.46. The summed E-state index contributed by atoms with van der Waals surface area (Å²) in [5.41, 5.74) is 0.953. The van der Waals surface area contributed by atoms with Crippen LogP contribution in [0.1, 0.15) is 5.56 Å². The highest BCUT2D eigenvalue weighted by Gasteiger charge is 2.32. The van der Waals surface area contributed by atoms with Crippen LogP contribution in [0.3, 0.4) is 0 Å². The third-order valence-corrected chi connectivity index (χ3v) is 1.97. The minimum absolute atomic E-state index is 0.378. The maximum absolute atomic E-state index is 5.62. The molecule has 0 aromatic heterocycles. The molecule has 0 fully saturated rings.